The Labute approximate surface area is 297 Å². The highest BCUT2D eigenvalue weighted by atomic mass is 16.7. The summed E-state index contributed by atoms with van der Waals surface area (Å²) in [7, 11) is 0. The molecular formula is C40H71NO8. The molecule has 1 saturated heterocycles. The van der Waals surface area contributed by atoms with E-state index in [1.165, 1.54) is 57.8 Å². The lowest BCUT2D eigenvalue weighted by molar-refractivity contribution is -0.302. The average Bonchev–Trinajstić information content (AvgIpc) is 3.10. The molecule has 9 nitrogen and oxygen atoms in total. The first kappa shape index (κ1) is 45.2. The third-order valence-corrected chi connectivity index (χ3v) is 8.88. The van der Waals surface area contributed by atoms with Gasteiger partial charge in [-0.05, 0) is 64.2 Å². The van der Waals surface area contributed by atoms with Gasteiger partial charge in [-0.3, -0.25) is 4.79 Å². The first-order chi connectivity index (χ1) is 23.8. The number of allylic oxidation sites excluding steroid dienone is 7. The van der Waals surface area contributed by atoms with Crippen LogP contribution >= 0.6 is 0 Å². The number of aliphatic hydroxyl groups is 5. The number of rotatable bonds is 30. The van der Waals surface area contributed by atoms with E-state index in [0.717, 1.165) is 64.2 Å². The maximum atomic E-state index is 12.8. The Hall–Kier alpha value is -1.85. The van der Waals surface area contributed by atoms with Gasteiger partial charge in [0.15, 0.2) is 6.29 Å². The van der Waals surface area contributed by atoms with Crippen LogP contribution in [-0.4, -0.2) is 87.5 Å². The van der Waals surface area contributed by atoms with Crippen LogP contribution in [0, 0.1) is 0 Å². The number of ether oxygens (including phenoxy) is 2. The van der Waals surface area contributed by atoms with Gasteiger partial charge in [0, 0.05) is 6.42 Å². The molecule has 1 aliphatic heterocycles. The van der Waals surface area contributed by atoms with Crippen molar-refractivity contribution >= 4 is 5.91 Å². The highest BCUT2D eigenvalue weighted by Gasteiger charge is 2.44. The second-order valence-corrected chi connectivity index (χ2v) is 13.4. The zero-order valence-electron chi connectivity index (χ0n) is 30.7. The summed E-state index contributed by atoms with van der Waals surface area (Å²) >= 11 is 0. The summed E-state index contributed by atoms with van der Waals surface area (Å²) < 4.78 is 11.1. The maximum absolute atomic E-state index is 12.8. The monoisotopic (exact) mass is 694 g/mol. The highest BCUT2D eigenvalue weighted by molar-refractivity contribution is 5.76. The fourth-order valence-electron chi connectivity index (χ4n) is 5.67. The molecule has 49 heavy (non-hydrogen) atoms. The predicted octanol–water partition coefficient (Wildman–Crippen LogP) is 6.72. The summed E-state index contributed by atoms with van der Waals surface area (Å²) in [6.07, 6.45) is 30.1. The first-order valence-corrected chi connectivity index (χ1v) is 19.4. The Morgan fingerprint density at radius 1 is 0.694 bits per heavy atom. The normalized spacial score (nSPS) is 23.0. The third-order valence-electron chi connectivity index (χ3n) is 8.88. The van der Waals surface area contributed by atoms with Crippen LogP contribution in [0.15, 0.2) is 48.6 Å². The van der Waals surface area contributed by atoms with Crippen LogP contribution in [0.2, 0.25) is 0 Å². The fraction of sp³-hybridized carbons (Fsp3) is 0.775. The molecule has 0 bridgehead atoms. The minimum Gasteiger partial charge on any atom is -0.394 e. The van der Waals surface area contributed by atoms with Gasteiger partial charge in [0.05, 0.1) is 25.4 Å². The van der Waals surface area contributed by atoms with E-state index in [1.807, 2.05) is 6.08 Å². The highest BCUT2D eigenvalue weighted by Crippen LogP contribution is 2.22. The number of amides is 1. The number of carbonyl (C=O) groups is 1. The van der Waals surface area contributed by atoms with Crippen molar-refractivity contribution in [2.75, 3.05) is 13.2 Å². The molecule has 0 aromatic heterocycles. The van der Waals surface area contributed by atoms with Crippen LogP contribution in [0.4, 0.5) is 0 Å². The van der Waals surface area contributed by atoms with Gasteiger partial charge in [-0.1, -0.05) is 120 Å². The molecule has 1 heterocycles. The van der Waals surface area contributed by atoms with Crippen molar-refractivity contribution in [1.29, 1.82) is 0 Å². The summed E-state index contributed by atoms with van der Waals surface area (Å²) in [4.78, 5) is 12.8. The van der Waals surface area contributed by atoms with E-state index >= 15 is 0 Å². The van der Waals surface area contributed by atoms with Crippen molar-refractivity contribution in [1.82, 2.24) is 5.32 Å². The fourth-order valence-corrected chi connectivity index (χ4v) is 5.67. The number of hydrogen-bond acceptors (Lipinski definition) is 8. The molecular weight excluding hydrogens is 622 g/mol. The van der Waals surface area contributed by atoms with Gasteiger partial charge in [0.25, 0.3) is 0 Å². The summed E-state index contributed by atoms with van der Waals surface area (Å²) in [5, 5.41) is 53.8. The van der Waals surface area contributed by atoms with Gasteiger partial charge in [-0.15, -0.1) is 0 Å². The number of nitrogens with one attached hydrogen (secondary N) is 1. The van der Waals surface area contributed by atoms with Gasteiger partial charge < -0.3 is 40.3 Å². The van der Waals surface area contributed by atoms with Gasteiger partial charge in [-0.25, -0.2) is 0 Å². The molecule has 7 unspecified atom stereocenters. The largest absolute Gasteiger partial charge is 0.394 e. The molecule has 9 heteroatoms. The van der Waals surface area contributed by atoms with Crippen LogP contribution in [0.1, 0.15) is 142 Å². The topological polar surface area (TPSA) is 149 Å². The Morgan fingerprint density at radius 2 is 1.22 bits per heavy atom. The number of carbonyl (C=O) groups excluding carboxylic acids is 1. The molecule has 284 valence electrons. The van der Waals surface area contributed by atoms with Crippen LogP contribution in [0.3, 0.4) is 0 Å². The van der Waals surface area contributed by atoms with Gasteiger partial charge in [0.1, 0.15) is 24.4 Å². The molecule has 0 aliphatic carbocycles. The maximum Gasteiger partial charge on any atom is 0.220 e. The summed E-state index contributed by atoms with van der Waals surface area (Å²) in [6.45, 7) is 3.66. The zero-order valence-corrected chi connectivity index (χ0v) is 30.7. The van der Waals surface area contributed by atoms with Crippen LogP contribution in [-0.2, 0) is 14.3 Å². The molecule has 1 fully saturated rings. The van der Waals surface area contributed by atoms with E-state index in [9.17, 15) is 30.3 Å². The molecule has 0 aromatic carbocycles. The second-order valence-electron chi connectivity index (χ2n) is 13.4. The molecule has 0 saturated carbocycles. The first-order valence-electron chi connectivity index (χ1n) is 19.4. The predicted molar refractivity (Wildman–Crippen MR) is 198 cm³/mol. The van der Waals surface area contributed by atoms with Crippen molar-refractivity contribution in [2.45, 2.75) is 185 Å². The molecule has 0 spiro atoms. The molecule has 0 radical (unpaired) electrons. The van der Waals surface area contributed by atoms with E-state index in [2.05, 4.69) is 55.6 Å². The van der Waals surface area contributed by atoms with Gasteiger partial charge in [0.2, 0.25) is 5.91 Å². The average molecular weight is 694 g/mol. The summed E-state index contributed by atoms with van der Waals surface area (Å²) in [5.41, 5.74) is 0. The summed E-state index contributed by atoms with van der Waals surface area (Å²) in [5.74, 6) is -0.206. The van der Waals surface area contributed by atoms with Crippen molar-refractivity contribution in [3.8, 4) is 0 Å². The second kappa shape index (κ2) is 30.9. The number of unbranched alkanes of at least 4 members (excludes halogenated alkanes) is 14. The van der Waals surface area contributed by atoms with Crippen LogP contribution in [0.25, 0.3) is 0 Å². The van der Waals surface area contributed by atoms with E-state index in [4.69, 9.17) is 9.47 Å². The summed E-state index contributed by atoms with van der Waals surface area (Å²) in [6, 6.07) is -0.826. The van der Waals surface area contributed by atoms with Crippen molar-refractivity contribution in [2.24, 2.45) is 0 Å². The van der Waals surface area contributed by atoms with Crippen LogP contribution in [0.5, 0.6) is 0 Å². The SMILES string of the molecule is CCCCCC/C=C\C/C=C\CCCCCCCC(=O)NC(COC1OC(CO)C(O)C(O)C1O)C(O)/C=C/CC/C=C/CCCCCC. The Kier molecular flexibility index (Phi) is 28.5. The number of hydrogen-bond donors (Lipinski definition) is 6. The minimum atomic E-state index is -1.57. The Morgan fingerprint density at radius 3 is 1.84 bits per heavy atom. The lowest BCUT2D eigenvalue weighted by Gasteiger charge is -2.40. The Balaban J connectivity index is 2.46. The molecule has 1 aliphatic rings. The standard InChI is InChI=1S/C40H71NO8/c1-3-5-7-9-11-13-15-16-17-18-19-20-22-24-26-28-30-36(44)41-33(32-48-40-39(47)38(46)37(45)35(31-42)49-40)34(43)29-27-25-23-21-14-12-10-8-6-4-2/h13-15,17-18,21,27,29,33-35,37-40,42-43,45-47H,3-12,16,19-20,22-26,28,30-32H2,1-2H3,(H,41,44)/b15-13-,18-17-,21-14+,29-27+. The smallest absolute Gasteiger partial charge is 0.220 e. The van der Waals surface area contributed by atoms with Crippen molar-refractivity contribution < 1.29 is 39.8 Å². The van der Waals surface area contributed by atoms with Gasteiger partial charge >= 0.3 is 0 Å². The van der Waals surface area contributed by atoms with Crippen molar-refractivity contribution in [3.05, 3.63) is 48.6 Å². The number of aliphatic hydroxyl groups excluding tert-OH is 5. The Bertz CT molecular complexity index is 905. The molecule has 0 aromatic rings. The zero-order chi connectivity index (χ0) is 36.0. The lowest BCUT2D eigenvalue weighted by Crippen LogP contribution is -2.60. The molecule has 1 amide bonds. The van der Waals surface area contributed by atoms with E-state index in [0.29, 0.717) is 6.42 Å². The van der Waals surface area contributed by atoms with Gasteiger partial charge in [-0.2, -0.15) is 0 Å². The van der Waals surface area contributed by atoms with E-state index in [1.54, 1.807) is 6.08 Å². The molecule has 6 N–H and O–H groups in total. The van der Waals surface area contributed by atoms with Crippen LogP contribution < -0.4 is 5.32 Å². The van der Waals surface area contributed by atoms with Crippen molar-refractivity contribution in [3.63, 3.8) is 0 Å². The molecule has 1 rings (SSSR count). The lowest BCUT2D eigenvalue weighted by atomic mass is 9.99. The quantitative estimate of drug-likeness (QED) is 0.0359. The minimum absolute atomic E-state index is 0.206. The molecule has 7 atom stereocenters. The van der Waals surface area contributed by atoms with E-state index in [-0.39, 0.29) is 12.5 Å². The third kappa shape index (κ3) is 22.6. The van der Waals surface area contributed by atoms with E-state index < -0.39 is 49.5 Å².